The number of halogens is 1. The molecule has 0 saturated carbocycles. The smallest absolute Gasteiger partial charge is 0.261 e. The van der Waals surface area contributed by atoms with Gasteiger partial charge >= 0.3 is 0 Å². The second-order valence-corrected chi connectivity index (χ2v) is 7.99. The van der Waals surface area contributed by atoms with Gasteiger partial charge in [0, 0.05) is 16.2 Å². The van der Waals surface area contributed by atoms with Gasteiger partial charge in [-0.1, -0.05) is 37.3 Å². The normalized spacial score (nSPS) is 12.7. The quantitative estimate of drug-likeness (QED) is 0.537. The molecular weight excluding hydrogens is 467 g/mol. The van der Waals surface area contributed by atoms with E-state index >= 15 is 0 Å². The third-order valence-corrected chi connectivity index (χ3v) is 5.26. The lowest BCUT2D eigenvalue weighted by Crippen LogP contribution is -2.50. The van der Waals surface area contributed by atoms with Gasteiger partial charge in [0.25, 0.3) is 5.91 Å². The zero-order chi connectivity index (χ0) is 20.5. The van der Waals surface area contributed by atoms with Crippen molar-refractivity contribution in [3.63, 3.8) is 0 Å². The van der Waals surface area contributed by atoms with Gasteiger partial charge in [-0.05, 0) is 72.7 Å². The topological polar surface area (TPSA) is 58.6 Å². The van der Waals surface area contributed by atoms with Crippen LogP contribution in [0.1, 0.15) is 32.8 Å². The van der Waals surface area contributed by atoms with Gasteiger partial charge in [-0.3, -0.25) is 9.59 Å². The van der Waals surface area contributed by atoms with Gasteiger partial charge in [0.15, 0.2) is 6.61 Å². The lowest BCUT2D eigenvalue weighted by atomic mass is 10.1. The zero-order valence-corrected chi connectivity index (χ0v) is 18.7. The second-order valence-electron chi connectivity index (χ2n) is 6.74. The van der Waals surface area contributed by atoms with E-state index in [4.69, 9.17) is 4.74 Å². The van der Waals surface area contributed by atoms with Crippen molar-refractivity contribution < 1.29 is 14.3 Å². The first kappa shape index (κ1) is 22.2. The fraction of sp³-hybridized carbons (Fsp3) is 0.364. The lowest BCUT2D eigenvalue weighted by Gasteiger charge is -2.29. The van der Waals surface area contributed by atoms with E-state index in [-0.39, 0.29) is 24.5 Å². The Labute approximate surface area is 180 Å². The largest absolute Gasteiger partial charge is 0.484 e. The summed E-state index contributed by atoms with van der Waals surface area (Å²) in [6.07, 6.45) is 0.834. The van der Waals surface area contributed by atoms with Gasteiger partial charge in [-0.25, -0.2) is 0 Å². The number of nitrogens with zero attached hydrogens (tertiary/aromatic N) is 1. The highest BCUT2D eigenvalue weighted by Crippen LogP contribution is 2.15. The van der Waals surface area contributed by atoms with Crippen LogP contribution in [0.3, 0.4) is 0 Å². The molecule has 0 fully saturated rings. The summed E-state index contributed by atoms with van der Waals surface area (Å²) in [5, 5.41) is 2.96. The van der Waals surface area contributed by atoms with Gasteiger partial charge in [0.1, 0.15) is 11.8 Å². The highest BCUT2D eigenvalue weighted by atomic mass is 127. The Morgan fingerprint density at radius 1 is 1.07 bits per heavy atom. The summed E-state index contributed by atoms with van der Waals surface area (Å²) in [7, 11) is 0. The fourth-order valence-electron chi connectivity index (χ4n) is 2.59. The minimum absolute atomic E-state index is 0.0617. The van der Waals surface area contributed by atoms with Crippen LogP contribution in [0.5, 0.6) is 5.75 Å². The Balaban J connectivity index is 2.10. The van der Waals surface area contributed by atoms with Crippen molar-refractivity contribution in [1.82, 2.24) is 10.2 Å². The maximum atomic E-state index is 12.9. The average Bonchev–Trinajstić information content (AvgIpc) is 2.71. The molecule has 1 N–H and O–H groups in total. The number of hydrogen-bond donors (Lipinski definition) is 1. The maximum absolute atomic E-state index is 12.9. The molecular formula is C22H27IN2O3. The van der Waals surface area contributed by atoms with Crippen molar-refractivity contribution in [3.8, 4) is 5.75 Å². The van der Waals surface area contributed by atoms with E-state index in [0.717, 1.165) is 15.6 Å². The molecule has 0 spiro atoms. The van der Waals surface area contributed by atoms with E-state index in [1.807, 2.05) is 68.4 Å². The first-order chi connectivity index (χ1) is 13.4. The molecule has 2 aromatic carbocycles. The first-order valence-corrected chi connectivity index (χ1v) is 10.5. The Morgan fingerprint density at radius 3 is 2.32 bits per heavy atom. The summed E-state index contributed by atoms with van der Waals surface area (Å²) in [5.41, 5.74) is 0.966. The molecule has 6 heteroatoms. The van der Waals surface area contributed by atoms with Crippen LogP contribution < -0.4 is 10.1 Å². The van der Waals surface area contributed by atoms with Gasteiger partial charge in [0.05, 0.1) is 0 Å². The van der Waals surface area contributed by atoms with Crippen molar-refractivity contribution in [2.24, 2.45) is 0 Å². The zero-order valence-electron chi connectivity index (χ0n) is 16.5. The van der Waals surface area contributed by atoms with E-state index in [9.17, 15) is 9.59 Å². The predicted molar refractivity (Wildman–Crippen MR) is 119 cm³/mol. The number of carbonyl (C=O) groups excluding carboxylic acids is 2. The van der Waals surface area contributed by atoms with Crippen molar-refractivity contribution in [2.75, 3.05) is 6.61 Å². The number of ether oxygens (including phenoxy) is 1. The highest BCUT2D eigenvalue weighted by molar-refractivity contribution is 14.1. The van der Waals surface area contributed by atoms with Crippen LogP contribution >= 0.6 is 22.6 Å². The molecule has 28 heavy (non-hydrogen) atoms. The monoisotopic (exact) mass is 494 g/mol. The van der Waals surface area contributed by atoms with Crippen molar-refractivity contribution in [1.29, 1.82) is 0 Å². The molecule has 2 aromatic rings. The van der Waals surface area contributed by atoms with Gasteiger partial charge in [-0.15, -0.1) is 0 Å². The minimum Gasteiger partial charge on any atom is -0.484 e. The Hall–Kier alpha value is -2.09. The van der Waals surface area contributed by atoms with Crippen molar-refractivity contribution >= 4 is 34.4 Å². The number of rotatable bonds is 9. The molecule has 0 saturated heterocycles. The molecule has 5 nitrogen and oxygen atoms in total. The van der Waals surface area contributed by atoms with Gasteiger partial charge < -0.3 is 15.0 Å². The maximum Gasteiger partial charge on any atom is 0.261 e. The molecule has 0 aliphatic carbocycles. The Morgan fingerprint density at radius 2 is 1.71 bits per heavy atom. The standard InChI is InChI=1S/C22H27IN2O3/c1-4-16(2)24-22(27)17(3)25(14-18-8-6-5-7-9-18)21(26)15-28-20-12-10-19(23)11-13-20/h5-13,16-17H,4,14-15H2,1-3H3,(H,24,27)/t16-,17+/m1/s1. The summed E-state index contributed by atoms with van der Waals surface area (Å²) in [4.78, 5) is 27.1. The van der Waals surface area contributed by atoms with Crippen LogP contribution in [0, 0.1) is 3.57 Å². The van der Waals surface area contributed by atoms with E-state index in [0.29, 0.717) is 12.3 Å². The number of nitrogens with one attached hydrogen (secondary N) is 1. The molecule has 2 atom stereocenters. The number of carbonyl (C=O) groups is 2. The van der Waals surface area contributed by atoms with E-state index in [1.54, 1.807) is 11.8 Å². The van der Waals surface area contributed by atoms with Gasteiger partial charge in [0.2, 0.25) is 5.91 Å². The first-order valence-electron chi connectivity index (χ1n) is 9.42. The fourth-order valence-corrected chi connectivity index (χ4v) is 2.95. The lowest BCUT2D eigenvalue weighted by molar-refractivity contribution is -0.142. The van der Waals surface area contributed by atoms with E-state index in [2.05, 4.69) is 27.9 Å². The number of benzene rings is 2. The van der Waals surface area contributed by atoms with Crippen LogP contribution in [0.25, 0.3) is 0 Å². The second kappa shape index (κ2) is 11.0. The number of hydrogen-bond acceptors (Lipinski definition) is 3. The molecule has 0 aliphatic heterocycles. The summed E-state index contributed by atoms with van der Waals surface area (Å²) >= 11 is 2.21. The van der Waals surface area contributed by atoms with Crippen LogP contribution in [-0.4, -0.2) is 35.4 Å². The highest BCUT2D eigenvalue weighted by Gasteiger charge is 2.27. The Kier molecular flexibility index (Phi) is 8.76. The Bertz CT molecular complexity index is 765. The van der Waals surface area contributed by atoms with Crippen LogP contribution in [0.15, 0.2) is 54.6 Å². The molecule has 150 valence electrons. The van der Waals surface area contributed by atoms with Crippen LogP contribution in [-0.2, 0) is 16.1 Å². The van der Waals surface area contributed by atoms with Crippen molar-refractivity contribution in [3.05, 3.63) is 63.7 Å². The van der Waals surface area contributed by atoms with E-state index in [1.165, 1.54) is 0 Å². The third-order valence-electron chi connectivity index (χ3n) is 4.54. The average molecular weight is 494 g/mol. The SMILES string of the molecule is CC[C@@H](C)NC(=O)[C@H](C)N(Cc1ccccc1)C(=O)COc1ccc(I)cc1. The van der Waals surface area contributed by atoms with Crippen LogP contribution in [0.2, 0.25) is 0 Å². The van der Waals surface area contributed by atoms with Gasteiger partial charge in [-0.2, -0.15) is 0 Å². The summed E-state index contributed by atoms with van der Waals surface area (Å²) in [6, 6.07) is 16.6. The third kappa shape index (κ3) is 6.82. The minimum atomic E-state index is -0.595. The molecule has 2 amide bonds. The molecule has 0 heterocycles. The van der Waals surface area contributed by atoms with Crippen molar-refractivity contribution in [2.45, 2.75) is 45.8 Å². The number of amides is 2. The molecule has 0 unspecified atom stereocenters. The van der Waals surface area contributed by atoms with Crippen LogP contribution in [0.4, 0.5) is 0 Å². The molecule has 2 rings (SSSR count). The predicted octanol–water partition coefficient (Wildman–Crippen LogP) is 4.00. The molecule has 0 aromatic heterocycles. The summed E-state index contributed by atoms with van der Waals surface area (Å²) in [6.45, 7) is 5.95. The molecule has 0 bridgehead atoms. The summed E-state index contributed by atoms with van der Waals surface area (Å²) in [5.74, 6) is 0.243. The molecule has 0 radical (unpaired) electrons. The summed E-state index contributed by atoms with van der Waals surface area (Å²) < 4.78 is 6.74. The molecule has 0 aliphatic rings. The van der Waals surface area contributed by atoms with E-state index < -0.39 is 6.04 Å².